The van der Waals surface area contributed by atoms with Crippen LogP contribution in [0.15, 0.2) is 41.1 Å². The number of aryl methyl sites for hydroxylation is 1. The molecule has 0 spiro atoms. The summed E-state index contributed by atoms with van der Waals surface area (Å²) in [7, 11) is 0. The minimum atomic E-state index is 0.0315. The van der Waals surface area contributed by atoms with Crippen molar-refractivity contribution >= 4 is 22.9 Å². The summed E-state index contributed by atoms with van der Waals surface area (Å²) in [5, 5.41) is 7.01. The summed E-state index contributed by atoms with van der Waals surface area (Å²) in [4.78, 5) is 11.9. The summed E-state index contributed by atoms with van der Waals surface area (Å²) < 4.78 is 11.1. The lowest BCUT2D eigenvalue weighted by atomic mass is 10.2. The molecule has 5 heteroatoms. The molecule has 1 saturated heterocycles. The van der Waals surface area contributed by atoms with E-state index in [2.05, 4.69) is 16.8 Å². The molecule has 3 rings (SSSR count). The van der Waals surface area contributed by atoms with Crippen LogP contribution in [0.1, 0.15) is 18.4 Å². The Bertz CT molecular complexity index is 589. The number of hydrogen-bond donors (Lipinski definition) is 1. The van der Waals surface area contributed by atoms with Gasteiger partial charge in [0.25, 0.3) is 0 Å². The van der Waals surface area contributed by atoms with Crippen molar-refractivity contribution in [1.82, 2.24) is 0 Å². The van der Waals surface area contributed by atoms with Gasteiger partial charge in [0, 0.05) is 18.5 Å². The standard InChI is InChI=1S/C17H19NO3S/c19-17(6-1-13-8-10-22-12-13)18-14-2-4-15(5-3-14)21-16-7-9-20-11-16/h2-5,8,10,12,16H,1,6-7,9,11H2,(H,18,19). The number of thiophene rings is 1. The van der Waals surface area contributed by atoms with Gasteiger partial charge in [-0.05, 0) is 53.1 Å². The zero-order valence-electron chi connectivity index (χ0n) is 12.3. The second-order valence-corrected chi connectivity index (χ2v) is 6.09. The van der Waals surface area contributed by atoms with Crippen LogP contribution in [0.25, 0.3) is 0 Å². The molecule has 1 aliphatic rings. The van der Waals surface area contributed by atoms with Crippen molar-refractivity contribution < 1.29 is 14.3 Å². The Morgan fingerprint density at radius 1 is 1.32 bits per heavy atom. The third-order valence-corrected chi connectivity index (χ3v) is 4.28. The van der Waals surface area contributed by atoms with E-state index in [0.29, 0.717) is 13.0 Å². The lowest BCUT2D eigenvalue weighted by molar-refractivity contribution is -0.116. The van der Waals surface area contributed by atoms with Gasteiger partial charge in [-0.25, -0.2) is 0 Å². The van der Waals surface area contributed by atoms with Gasteiger partial charge in [0.1, 0.15) is 11.9 Å². The first-order valence-electron chi connectivity index (χ1n) is 7.45. The summed E-state index contributed by atoms with van der Waals surface area (Å²) in [5.74, 6) is 0.843. The molecule has 4 nitrogen and oxygen atoms in total. The summed E-state index contributed by atoms with van der Waals surface area (Å²) in [5.41, 5.74) is 2.01. The monoisotopic (exact) mass is 317 g/mol. The molecule has 1 aromatic heterocycles. The van der Waals surface area contributed by atoms with Gasteiger partial charge in [0.2, 0.25) is 5.91 Å². The van der Waals surface area contributed by atoms with Crippen molar-refractivity contribution in [2.75, 3.05) is 18.5 Å². The van der Waals surface area contributed by atoms with Crippen molar-refractivity contribution in [2.24, 2.45) is 0 Å². The number of amides is 1. The molecule has 1 atom stereocenters. The molecule has 1 amide bonds. The number of carbonyl (C=O) groups is 1. The summed E-state index contributed by atoms with van der Waals surface area (Å²) in [6, 6.07) is 9.55. The predicted octanol–water partition coefficient (Wildman–Crippen LogP) is 3.49. The number of carbonyl (C=O) groups excluding carboxylic acids is 1. The molecule has 0 aliphatic carbocycles. The molecule has 1 aromatic carbocycles. The van der Waals surface area contributed by atoms with Gasteiger partial charge in [0.15, 0.2) is 0 Å². The lowest BCUT2D eigenvalue weighted by Crippen LogP contribution is -2.15. The molecule has 22 heavy (non-hydrogen) atoms. The molecule has 1 unspecified atom stereocenters. The van der Waals surface area contributed by atoms with Crippen LogP contribution in [0.5, 0.6) is 5.75 Å². The topological polar surface area (TPSA) is 47.6 Å². The van der Waals surface area contributed by atoms with Gasteiger partial charge in [-0.15, -0.1) is 0 Å². The molecule has 1 fully saturated rings. The maximum atomic E-state index is 11.9. The van der Waals surface area contributed by atoms with Gasteiger partial charge in [0.05, 0.1) is 13.2 Å². The first-order chi connectivity index (χ1) is 10.8. The fourth-order valence-electron chi connectivity index (χ4n) is 2.33. The highest BCUT2D eigenvalue weighted by Gasteiger charge is 2.16. The maximum absolute atomic E-state index is 11.9. The Morgan fingerprint density at radius 2 is 2.18 bits per heavy atom. The molecule has 0 saturated carbocycles. The summed E-state index contributed by atoms with van der Waals surface area (Å²) >= 11 is 1.66. The van der Waals surface area contributed by atoms with Crippen LogP contribution < -0.4 is 10.1 Å². The normalized spacial score (nSPS) is 17.4. The van der Waals surface area contributed by atoms with E-state index in [0.717, 1.165) is 30.9 Å². The Hall–Kier alpha value is -1.85. The predicted molar refractivity (Wildman–Crippen MR) is 87.6 cm³/mol. The second-order valence-electron chi connectivity index (χ2n) is 5.31. The average molecular weight is 317 g/mol. The highest BCUT2D eigenvalue weighted by atomic mass is 32.1. The molecule has 0 radical (unpaired) electrons. The zero-order chi connectivity index (χ0) is 15.2. The fraction of sp³-hybridized carbons (Fsp3) is 0.353. The van der Waals surface area contributed by atoms with Gasteiger partial charge in [-0.3, -0.25) is 4.79 Å². The van der Waals surface area contributed by atoms with Crippen molar-refractivity contribution in [3.05, 3.63) is 46.7 Å². The lowest BCUT2D eigenvalue weighted by Gasteiger charge is -2.12. The first kappa shape index (κ1) is 15.1. The Morgan fingerprint density at radius 3 is 2.86 bits per heavy atom. The fourth-order valence-corrected chi connectivity index (χ4v) is 3.03. The number of rotatable bonds is 6. The van der Waals surface area contributed by atoms with E-state index in [1.165, 1.54) is 5.56 Å². The van der Waals surface area contributed by atoms with E-state index in [4.69, 9.17) is 9.47 Å². The van der Waals surface area contributed by atoms with Crippen LogP contribution in [0.4, 0.5) is 5.69 Å². The van der Waals surface area contributed by atoms with Crippen LogP contribution in [0, 0.1) is 0 Å². The van der Waals surface area contributed by atoms with Crippen molar-refractivity contribution in [3.63, 3.8) is 0 Å². The summed E-state index contributed by atoms with van der Waals surface area (Å²) in [6.45, 7) is 1.42. The minimum Gasteiger partial charge on any atom is -0.488 e. The number of nitrogens with one attached hydrogen (secondary N) is 1. The molecular formula is C17H19NO3S. The van der Waals surface area contributed by atoms with E-state index in [1.807, 2.05) is 29.6 Å². The van der Waals surface area contributed by atoms with E-state index in [9.17, 15) is 4.79 Å². The molecule has 0 bridgehead atoms. The maximum Gasteiger partial charge on any atom is 0.224 e. The number of anilines is 1. The third-order valence-electron chi connectivity index (χ3n) is 3.55. The van der Waals surface area contributed by atoms with Crippen LogP contribution in [-0.2, 0) is 16.0 Å². The van der Waals surface area contributed by atoms with E-state index in [-0.39, 0.29) is 12.0 Å². The molecular weight excluding hydrogens is 298 g/mol. The van der Waals surface area contributed by atoms with Crippen LogP contribution >= 0.6 is 11.3 Å². The van der Waals surface area contributed by atoms with Crippen molar-refractivity contribution in [2.45, 2.75) is 25.4 Å². The number of ether oxygens (including phenoxy) is 2. The number of hydrogen-bond acceptors (Lipinski definition) is 4. The molecule has 2 heterocycles. The quantitative estimate of drug-likeness (QED) is 0.887. The van der Waals surface area contributed by atoms with Gasteiger partial charge in [-0.1, -0.05) is 0 Å². The first-order valence-corrected chi connectivity index (χ1v) is 8.39. The van der Waals surface area contributed by atoms with Crippen molar-refractivity contribution in [3.8, 4) is 5.75 Å². The minimum absolute atomic E-state index is 0.0315. The Kier molecular flexibility index (Phi) is 5.08. The smallest absolute Gasteiger partial charge is 0.224 e. The van der Waals surface area contributed by atoms with Crippen LogP contribution in [0.3, 0.4) is 0 Å². The third kappa shape index (κ3) is 4.32. The summed E-state index contributed by atoms with van der Waals surface area (Å²) in [6.07, 6.45) is 2.35. The Balaban J connectivity index is 1.46. The van der Waals surface area contributed by atoms with Crippen LogP contribution in [-0.4, -0.2) is 25.2 Å². The highest BCUT2D eigenvalue weighted by Crippen LogP contribution is 2.20. The van der Waals surface area contributed by atoms with E-state index >= 15 is 0 Å². The SMILES string of the molecule is O=C(CCc1ccsc1)Nc1ccc(OC2CCOC2)cc1. The second kappa shape index (κ2) is 7.42. The highest BCUT2D eigenvalue weighted by molar-refractivity contribution is 7.07. The molecule has 1 N–H and O–H groups in total. The molecule has 116 valence electrons. The zero-order valence-corrected chi connectivity index (χ0v) is 13.1. The largest absolute Gasteiger partial charge is 0.488 e. The van der Waals surface area contributed by atoms with Gasteiger partial charge < -0.3 is 14.8 Å². The van der Waals surface area contributed by atoms with Crippen molar-refractivity contribution in [1.29, 1.82) is 0 Å². The van der Waals surface area contributed by atoms with E-state index in [1.54, 1.807) is 11.3 Å². The van der Waals surface area contributed by atoms with Gasteiger partial charge >= 0.3 is 0 Å². The van der Waals surface area contributed by atoms with E-state index < -0.39 is 0 Å². The molecule has 2 aromatic rings. The van der Waals surface area contributed by atoms with Gasteiger partial charge in [-0.2, -0.15) is 11.3 Å². The molecule has 1 aliphatic heterocycles. The number of benzene rings is 1. The Labute approximate surface area is 134 Å². The van der Waals surface area contributed by atoms with Crippen LogP contribution in [0.2, 0.25) is 0 Å². The average Bonchev–Trinajstić information content (AvgIpc) is 3.20.